The number of methoxy groups -OCH3 is 1. The standard InChI is InChI=1S/C23H24N2O5/c1-29-22(28)8-7-19(26)14-4-2-6-21-17(14)12-16(18-13-24-11-9-20(18)27)15-5-3-10-25-23(15)30-21/h2-6,10,20,24,27H,7-9,11-13H2,1H3. The minimum atomic E-state index is -0.557. The summed E-state index contributed by atoms with van der Waals surface area (Å²) in [6.07, 6.45) is 2.25. The lowest BCUT2D eigenvalue weighted by Gasteiger charge is -2.25. The second-order valence-corrected chi connectivity index (χ2v) is 7.40. The first-order valence-corrected chi connectivity index (χ1v) is 10.0. The van der Waals surface area contributed by atoms with Crippen molar-refractivity contribution in [3.05, 3.63) is 58.8 Å². The van der Waals surface area contributed by atoms with Crippen LogP contribution in [-0.2, 0) is 16.0 Å². The molecule has 2 aliphatic heterocycles. The number of nitrogens with one attached hydrogen (secondary N) is 1. The summed E-state index contributed by atoms with van der Waals surface area (Å²) in [5, 5.41) is 14.0. The molecule has 7 heteroatoms. The quantitative estimate of drug-likeness (QED) is 0.593. The number of Topliss-reactive ketones (excluding diaryl/α,β-unsaturated/α-hetero) is 1. The second kappa shape index (κ2) is 8.77. The van der Waals surface area contributed by atoms with E-state index in [-0.39, 0.29) is 18.6 Å². The van der Waals surface area contributed by atoms with Crippen LogP contribution in [-0.4, -0.2) is 48.1 Å². The van der Waals surface area contributed by atoms with E-state index in [2.05, 4.69) is 15.0 Å². The minimum absolute atomic E-state index is 0.0260. The summed E-state index contributed by atoms with van der Waals surface area (Å²) in [6.45, 7) is 1.32. The molecular formula is C23H24N2O5. The molecular weight excluding hydrogens is 384 g/mol. The zero-order chi connectivity index (χ0) is 21.1. The van der Waals surface area contributed by atoms with Gasteiger partial charge in [0.25, 0.3) is 0 Å². The maximum atomic E-state index is 12.9. The van der Waals surface area contributed by atoms with Crippen LogP contribution in [0.5, 0.6) is 11.6 Å². The Kier molecular flexibility index (Phi) is 5.92. The molecule has 2 aliphatic rings. The molecule has 1 atom stereocenters. The summed E-state index contributed by atoms with van der Waals surface area (Å²) in [5.74, 6) is 0.451. The van der Waals surface area contributed by atoms with E-state index in [1.165, 1.54) is 7.11 Å². The van der Waals surface area contributed by atoms with E-state index in [0.29, 0.717) is 36.6 Å². The van der Waals surface area contributed by atoms with E-state index in [0.717, 1.165) is 28.8 Å². The molecule has 0 spiro atoms. The zero-order valence-corrected chi connectivity index (χ0v) is 16.8. The number of pyridine rings is 1. The number of aliphatic hydroxyl groups excluding tert-OH is 1. The summed E-state index contributed by atoms with van der Waals surface area (Å²) in [6, 6.07) is 9.10. The third-order valence-electron chi connectivity index (χ3n) is 5.57. The van der Waals surface area contributed by atoms with Gasteiger partial charge in [0, 0.05) is 42.3 Å². The number of esters is 1. The van der Waals surface area contributed by atoms with Crippen molar-refractivity contribution in [1.29, 1.82) is 0 Å². The third kappa shape index (κ3) is 3.99. The Morgan fingerprint density at radius 3 is 2.93 bits per heavy atom. The molecule has 1 fully saturated rings. The SMILES string of the molecule is COC(=O)CCC(=O)c1cccc2c1CC(=C1CNCCC1O)c1cccnc1O2. The highest BCUT2D eigenvalue weighted by molar-refractivity contribution is 6.00. The number of fused-ring (bicyclic) bond motifs is 2. The number of hydrogen-bond donors (Lipinski definition) is 2. The third-order valence-corrected chi connectivity index (χ3v) is 5.57. The molecule has 0 amide bonds. The van der Waals surface area contributed by atoms with Crippen LogP contribution in [0, 0.1) is 0 Å². The fourth-order valence-corrected chi connectivity index (χ4v) is 3.98. The molecule has 0 radical (unpaired) electrons. The lowest BCUT2D eigenvalue weighted by atomic mass is 9.87. The van der Waals surface area contributed by atoms with Gasteiger partial charge in [-0.05, 0) is 42.3 Å². The van der Waals surface area contributed by atoms with Crippen molar-refractivity contribution >= 4 is 17.3 Å². The number of aromatic nitrogens is 1. The van der Waals surface area contributed by atoms with E-state index in [1.807, 2.05) is 18.2 Å². The predicted molar refractivity (Wildman–Crippen MR) is 110 cm³/mol. The number of benzene rings is 1. The van der Waals surface area contributed by atoms with Crippen LogP contribution in [0.15, 0.2) is 42.1 Å². The molecule has 156 valence electrons. The van der Waals surface area contributed by atoms with Gasteiger partial charge in [-0.15, -0.1) is 0 Å². The van der Waals surface area contributed by atoms with E-state index in [9.17, 15) is 14.7 Å². The van der Waals surface area contributed by atoms with Gasteiger partial charge >= 0.3 is 5.97 Å². The van der Waals surface area contributed by atoms with Crippen LogP contribution in [0.2, 0.25) is 0 Å². The summed E-state index contributed by atoms with van der Waals surface area (Å²) < 4.78 is 10.8. The van der Waals surface area contributed by atoms with Crippen LogP contribution in [0.25, 0.3) is 5.57 Å². The Hall–Kier alpha value is -3.03. The van der Waals surface area contributed by atoms with Crippen molar-refractivity contribution in [2.45, 2.75) is 31.8 Å². The number of rotatable bonds is 4. The summed E-state index contributed by atoms with van der Waals surface area (Å²) in [5.41, 5.74) is 3.89. The van der Waals surface area contributed by atoms with Gasteiger partial charge in [0.05, 0.1) is 19.6 Å². The molecule has 1 aromatic carbocycles. The van der Waals surface area contributed by atoms with Crippen molar-refractivity contribution in [3.8, 4) is 11.6 Å². The van der Waals surface area contributed by atoms with Crippen LogP contribution in [0.1, 0.15) is 40.7 Å². The number of piperidine rings is 1. The van der Waals surface area contributed by atoms with Gasteiger partial charge in [-0.1, -0.05) is 12.1 Å². The molecule has 1 aromatic heterocycles. The highest BCUT2D eigenvalue weighted by atomic mass is 16.5. The maximum absolute atomic E-state index is 12.9. The predicted octanol–water partition coefficient (Wildman–Crippen LogP) is 2.67. The maximum Gasteiger partial charge on any atom is 0.305 e. The van der Waals surface area contributed by atoms with Crippen molar-refractivity contribution in [3.63, 3.8) is 0 Å². The molecule has 7 nitrogen and oxygen atoms in total. The van der Waals surface area contributed by atoms with Crippen molar-refractivity contribution < 1.29 is 24.2 Å². The van der Waals surface area contributed by atoms with E-state index >= 15 is 0 Å². The van der Waals surface area contributed by atoms with Gasteiger partial charge in [-0.2, -0.15) is 0 Å². The molecule has 30 heavy (non-hydrogen) atoms. The van der Waals surface area contributed by atoms with Gasteiger partial charge in [-0.3, -0.25) is 9.59 Å². The van der Waals surface area contributed by atoms with Gasteiger partial charge in [0.15, 0.2) is 5.78 Å². The highest BCUT2D eigenvalue weighted by Crippen LogP contribution is 2.41. The first-order chi connectivity index (χ1) is 14.6. The normalized spacial score (nSPS) is 20.4. The largest absolute Gasteiger partial charge is 0.469 e. The van der Waals surface area contributed by atoms with Crippen LogP contribution < -0.4 is 10.1 Å². The molecule has 0 saturated carbocycles. The number of carbonyl (C=O) groups is 2. The second-order valence-electron chi connectivity index (χ2n) is 7.40. The zero-order valence-electron chi connectivity index (χ0n) is 16.8. The van der Waals surface area contributed by atoms with E-state index in [4.69, 9.17) is 4.74 Å². The number of carbonyl (C=O) groups excluding carboxylic acids is 2. The number of nitrogens with zero attached hydrogens (tertiary/aromatic N) is 1. The number of aliphatic hydroxyl groups is 1. The van der Waals surface area contributed by atoms with Crippen molar-refractivity contribution in [2.24, 2.45) is 0 Å². The van der Waals surface area contributed by atoms with Crippen molar-refractivity contribution in [1.82, 2.24) is 10.3 Å². The topological polar surface area (TPSA) is 97.8 Å². The first-order valence-electron chi connectivity index (χ1n) is 10.0. The van der Waals surface area contributed by atoms with Crippen LogP contribution >= 0.6 is 0 Å². The first kappa shape index (κ1) is 20.3. The average molecular weight is 408 g/mol. The van der Waals surface area contributed by atoms with Crippen LogP contribution in [0.3, 0.4) is 0 Å². The number of ether oxygens (including phenoxy) is 2. The van der Waals surface area contributed by atoms with Crippen molar-refractivity contribution in [2.75, 3.05) is 20.2 Å². The van der Waals surface area contributed by atoms with Gasteiger partial charge in [0.1, 0.15) is 5.75 Å². The molecule has 2 aromatic rings. The summed E-state index contributed by atoms with van der Waals surface area (Å²) in [7, 11) is 1.31. The Balaban J connectivity index is 1.79. The monoisotopic (exact) mass is 408 g/mol. The van der Waals surface area contributed by atoms with Gasteiger partial charge < -0.3 is 19.9 Å². The molecule has 3 heterocycles. The lowest BCUT2D eigenvalue weighted by molar-refractivity contribution is -0.140. The average Bonchev–Trinajstić information content (AvgIpc) is 2.94. The van der Waals surface area contributed by atoms with E-state index < -0.39 is 12.1 Å². The fourth-order valence-electron chi connectivity index (χ4n) is 3.98. The molecule has 0 bridgehead atoms. The van der Waals surface area contributed by atoms with Gasteiger partial charge in [-0.25, -0.2) is 4.98 Å². The number of ketones is 1. The van der Waals surface area contributed by atoms with E-state index in [1.54, 1.807) is 18.3 Å². The Labute approximate surface area is 174 Å². The molecule has 1 saturated heterocycles. The molecule has 1 unspecified atom stereocenters. The lowest BCUT2D eigenvalue weighted by Crippen LogP contribution is -2.34. The van der Waals surface area contributed by atoms with Gasteiger partial charge in [0.2, 0.25) is 5.88 Å². The van der Waals surface area contributed by atoms with Crippen LogP contribution in [0.4, 0.5) is 0 Å². The molecule has 4 rings (SSSR count). The highest BCUT2D eigenvalue weighted by Gasteiger charge is 2.28. The summed E-state index contributed by atoms with van der Waals surface area (Å²) in [4.78, 5) is 28.8. The smallest absolute Gasteiger partial charge is 0.305 e. The number of allylic oxidation sites excluding steroid dienone is 1. The minimum Gasteiger partial charge on any atom is -0.469 e. The Bertz CT molecular complexity index is 1010. The molecule has 0 aliphatic carbocycles. The fraction of sp³-hybridized carbons (Fsp3) is 0.348. The molecule has 2 N–H and O–H groups in total. The Morgan fingerprint density at radius 2 is 2.13 bits per heavy atom. The summed E-state index contributed by atoms with van der Waals surface area (Å²) >= 11 is 0. The number of hydrogen-bond acceptors (Lipinski definition) is 7. The Morgan fingerprint density at radius 1 is 1.27 bits per heavy atom.